The van der Waals surface area contributed by atoms with Gasteiger partial charge in [0, 0.05) is 18.2 Å². The number of amides is 2. The molecule has 0 fully saturated rings. The Balaban J connectivity index is 1.67. The molecular weight excluding hydrogens is 358 g/mol. The average molecular weight is 375 g/mol. The van der Waals surface area contributed by atoms with Gasteiger partial charge in [-0.2, -0.15) is 5.10 Å². The van der Waals surface area contributed by atoms with Gasteiger partial charge in [-0.05, 0) is 17.7 Å². The third-order valence-corrected chi connectivity index (χ3v) is 3.89. The van der Waals surface area contributed by atoms with E-state index in [-0.39, 0.29) is 5.69 Å². The molecule has 3 aromatic rings. The Hall–Kier alpha value is -3.91. The number of rotatable bonds is 5. The molecule has 0 saturated carbocycles. The largest absolute Gasteiger partial charge is 0.293 e. The van der Waals surface area contributed by atoms with E-state index in [1.807, 2.05) is 30.3 Å². The normalized spacial score (nSPS) is 10.6. The standard InChI is InChI=1S/C20H17N5O3/c1-25(23-11-14-7-9-16(10-8-14)19(26)24-28)20(27)18-13-21-17(12-22-18)15-5-3-2-4-6-15/h2-13,28H,1H3,(H,24,26)/b23-11+. The second-order valence-electron chi connectivity index (χ2n) is 5.79. The van der Waals surface area contributed by atoms with Crippen molar-refractivity contribution < 1.29 is 14.8 Å². The summed E-state index contributed by atoms with van der Waals surface area (Å²) < 4.78 is 0. The summed E-state index contributed by atoms with van der Waals surface area (Å²) in [5.74, 6) is -1.01. The molecule has 8 nitrogen and oxygen atoms in total. The molecule has 3 rings (SSSR count). The third kappa shape index (κ3) is 4.43. The molecule has 0 unspecified atom stereocenters. The number of carbonyl (C=O) groups excluding carboxylic acids is 2. The Bertz CT molecular complexity index is 987. The molecule has 0 atom stereocenters. The summed E-state index contributed by atoms with van der Waals surface area (Å²) in [7, 11) is 1.51. The predicted octanol–water partition coefficient (Wildman–Crippen LogP) is 2.37. The lowest BCUT2D eigenvalue weighted by Crippen LogP contribution is -2.22. The minimum absolute atomic E-state index is 0.175. The van der Waals surface area contributed by atoms with Crippen molar-refractivity contribution >= 4 is 18.0 Å². The topological polar surface area (TPSA) is 108 Å². The van der Waals surface area contributed by atoms with E-state index in [1.165, 1.54) is 31.6 Å². The first-order valence-electron chi connectivity index (χ1n) is 8.32. The second-order valence-corrected chi connectivity index (χ2v) is 5.79. The highest BCUT2D eigenvalue weighted by Crippen LogP contribution is 2.15. The minimum atomic E-state index is -0.603. The lowest BCUT2D eigenvalue weighted by atomic mass is 10.1. The number of nitrogens with zero attached hydrogens (tertiary/aromatic N) is 4. The van der Waals surface area contributed by atoms with E-state index in [0.29, 0.717) is 16.8 Å². The molecule has 0 bridgehead atoms. The minimum Gasteiger partial charge on any atom is -0.288 e. The second kappa shape index (κ2) is 8.65. The Morgan fingerprint density at radius 3 is 2.36 bits per heavy atom. The van der Waals surface area contributed by atoms with Crippen LogP contribution < -0.4 is 5.48 Å². The molecule has 0 saturated heterocycles. The van der Waals surface area contributed by atoms with Crippen LogP contribution in [0.3, 0.4) is 0 Å². The Morgan fingerprint density at radius 1 is 1.04 bits per heavy atom. The van der Waals surface area contributed by atoms with Gasteiger partial charge in [0.05, 0.1) is 24.3 Å². The summed E-state index contributed by atoms with van der Waals surface area (Å²) in [6.07, 6.45) is 4.44. The summed E-state index contributed by atoms with van der Waals surface area (Å²) in [6.45, 7) is 0. The lowest BCUT2D eigenvalue weighted by Gasteiger charge is -2.10. The van der Waals surface area contributed by atoms with Crippen LogP contribution in [0.4, 0.5) is 0 Å². The molecule has 0 spiro atoms. The molecule has 0 aliphatic heterocycles. The van der Waals surface area contributed by atoms with E-state index in [2.05, 4.69) is 15.1 Å². The Labute approximate surface area is 161 Å². The lowest BCUT2D eigenvalue weighted by molar-refractivity contribution is 0.0706. The maximum absolute atomic E-state index is 12.4. The molecule has 0 aliphatic rings. The monoisotopic (exact) mass is 375 g/mol. The number of nitrogens with one attached hydrogen (secondary N) is 1. The first-order valence-corrected chi connectivity index (χ1v) is 8.32. The molecule has 2 amide bonds. The van der Waals surface area contributed by atoms with Gasteiger partial charge in [-0.3, -0.25) is 19.8 Å². The predicted molar refractivity (Wildman–Crippen MR) is 103 cm³/mol. The summed E-state index contributed by atoms with van der Waals surface area (Å²) in [6, 6.07) is 15.9. The van der Waals surface area contributed by atoms with Crippen LogP contribution in [0.15, 0.2) is 72.1 Å². The number of carbonyl (C=O) groups is 2. The SMILES string of the molecule is CN(/N=C/c1ccc(C(=O)NO)cc1)C(=O)c1cnc(-c2ccccc2)cn1. The van der Waals surface area contributed by atoms with Gasteiger partial charge in [-0.15, -0.1) is 0 Å². The van der Waals surface area contributed by atoms with Crippen LogP contribution in [0, 0.1) is 0 Å². The number of benzene rings is 2. The number of hydrogen-bond donors (Lipinski definition) is 2. The zero-order chi connectivity index (χ0) is 19.9. The van der Waals surface area contributed by atoms with Crippen molar-refractivity contribution in [3.05, 3.63) is 83.8 Å². The summed E-state index contributed by atoms with van der Waals surface area (Å²) in [5.41, 5.74) is 4.31. The van der Waals surface area contributed by atoms with Crippen LogP contribution in [0.5, 0.6) is 0 Å². The van der Waals surface area contributed by atoms with Gasteiger partial charge in [-0.1, -0.05) is 42.5 Å². The van der Waals surface area contributed by atoms with Gasteiger partial charge in [0.2, 0.25) is 0 Å². The highest BCUT2D eigenvalue weighted by Gasteiger charge is 2.13. The van der Waals surface area contributed by atoms with E-state index in [9.17, 15) is 9.59 Å². The summed E-state index contributed by atoms with van der Waals surface area (Å²) in [4.78, 5) is 32.2. The summed E-state index contributed by atoms with van der Waals surface area (Å²) in [5, 5.41) is 13.8. The Kier molecular flexibility index (Phi) is 5.83. The molecule has 2 aromatic carbocycles. The average Bonchev–Trinajstić information content (AvgIpc) is 2.77. The van der Waals surface area contributed by atoms with Crippen LogP contribution in [0.25, 0.3) is 11.3 Å². The fraction of sp³-hybridized carbons (Fsp3) is 0.0500. The number of hydrazone groups is 1. The van der Waals surface area contributed by atoms with Gasteiger partial charge in [0.25, 0.3) is 11.8 Å². The number of hydrogen-bond acceptors (Lipinski definition) is 6. The van der Waals surface area contributed by atoms with E-state index < -0.39 is 11.8 Å². The fourth-order valence-corrected chi connectivity index (χ4v) is 2.35. The highest BCUT2D eigenvalue weighted by molar-refractivity contribution is 5.95. The van der Waals surface area contributed by atoms with E-state index in [1.54, 1.807) is 23.8 Å². The van der Waals surface area contributed by atoms with E-state index in [4.69, 9.17) is 5.21 Å². The van der Waals surface area contributed by atoms with Crippen LogP contribution in [-0.2, 0) is 0 Å². The van der Waals surface area contributed by atoms with Crippen molar-refractivity contribution in [2.75, 3.05) is 7.05 Å². The van der Waals surface area contributed by atoms with Crippen molar-refractivity contribution in [2.24, 2.45) is 5.10 Å². The van der Waals surface area contributed by atoms with Crippen LogP contribution >= 0.6 is 0 Å². The van der Waals surface area contributed by atoms with E-state index >= 15 is 0 Å². The molecule has 28 heavy (non-hydrogen) atoms. The maximum atomic E-state index is 12.4. The molecule has 8 heteroatoms. The van der Waals surface area contributed by atoms with Gasteiger partial charge in [-0.25, -0.2) is 15.5 Å². The number of hydroxylamine groups is 1. The number of aromatic nitrogens is 2. The van der Waals surface area contributed by atoms with Crippen LogP contribution in [0.1, 0.15) is 26.4 Å². The zero-order valence-electron chi connectivity index (χ0n) is 15.0. The molecule has 0 aliphatic carbocycles. The zero-order valence-corrected chi connectivity index (χ0v) is 15.0. The first kappa shape index (κ1) is 18.9. The van der Waals surface area contributed by atoms with Gasteiger partial charge < -0.3 is 0 Å². The fourth-order valence-electron chi connectivity index (χ4n) is 2.35. The Morgan fingerprint density at radius 2 is 1.75 bits per heavy atom. The van der Waals surface area contributed by atoms with E-state index in [0.717, 1.165) is 10.6 Å². The van der Waals surface area contributed by atoms with Crippen molar-refractivity contribution in [3.63, 3.8) is 0 Å². The summed E-state index contributed by atoms with van der Waals surface area (Å²) >= 11 is 0. The molecule has 1 aromatic heterocycles. The molecule has 2 N–H and O–H groups in total. The van der Waals surface area contributed by atoms with Crippen molar-refractivity contribution in [1.82, 2.24) is 20.5 Å². The van der Waals surface area contributed by atoms with Crippen molar-refractivity contribution in [2.45, 2.75) is 0 Å². The molecule has 140 valence electrons. The quantitative estimate of drug-likeness (QED) is 0.404. The third-order valence-electron chi connectivity index (χ3n) is 3.89. The van der Waals surface area contributed by atoms with Gasteiger partial charge in [0.15, 0.2) is 0 Å². The van der Waals surface area contributed by atoms with Gasteiger partial charge >= 0.3 is 0 Å². The molecule has 1 heterocycles. The maximum Gasteiger partial charge on any atom is 0.293 e. The highest BCUT2D eigenvalue weighted by atomic mass is 16.5. The van der Waals surface area contributed by atoms with Crippen molar-refractivity contribution in [3.8, 4) is 11.3 Å². The van der Waals surface area contributed by atoms with Crippen LogP contribution in [-0.4, -0.2) is 45.3 Å². The van der Waals surface area contributed by atoms with Crippen LogP contribution in [0.2, 0.25) is 0 Å². The molecule has 0 radical (unpaired) electrons. The first-order chi connectivity index (χ1) is 13.6. The smallest absolute Gasteiger partial charge is 0.288 e. The van der Waals surface area contributed by atoms with Gasteiger partial charge in [0.1, 0.15) is 5.69 Å². The van der Waals surface area contributed by atoms with Crippen molar-refractivity contribution in [1.29, 1.82) is 0 Å². The molecular formula is C20H17N5O3.